The number of allylic oxidation sites excluding steroid dienone is 1. The van der Waals surface area contributed by atoms with Gasteiger partial charge in [0.2, 0.25) is 0 Å². The number of aliphatic hydroxyl groups is 1. The SMILES string of the molecule is [2H]C(=C(C([2H])([2H])[2H])C([2H])([2H])[2H])C(C)(O)C([2H])([2H])[2H]. The van der Waals surface area contributed by atoms with Crippen LogP contribution in [0.4, 0.5) is 0 Å². The first-order chi connectivity index (χ1) is 7.53. The van der Waals surface area contributed by atoms with Crippen LogP contribution in [0, 0.1) is 0 Å². The van der Waals surface area contributed by atoms with Gasteiger partial charge >= 0.3 is 0 Å². The molecule has 1 N–H and O–H groups in total. The van der Waals surface area contributed by atoms with Crippen molar-refractivity contribution in [3.63, 3.8) is 0 Å². The van der Waals surface area contributed by atoms with Crippen LogP contribution in [0.25, 0.3) is 0 Å². The van der Waals surface area contributed by atoms with Crippen molar-refractivity contribution in [1.29, 1.82) is 0 Å². The maximum absolute atomic E-state index is 9.71. The van der Waals surface area contributed by atoms with Gasteiger partial charge in [-0.2, -0.15) is 0 Å². The van der Waals surface area contributed by atoms with Crippen molar-refractivity contribution < 1.29 is 18.8 Å². The minimum atomic E-state index is -3.18. The Morgan fingerprint density at radius 3 is 2.88 bits per heavy atom. The molecule has 0 aromatic rings. The summed E-state index contributed by atoms with van der Waals surface area (Å²) in [6.45, 7) is -8.78. The zero-order valence-corrected chi connectivity index (χ0v) is 4.45. The summed E-state index contributed by atoms with van der Waals surface area (Å²) in [5, 5.41) is 9.71. The zero-order chi connectivity index (χ0) is 15.2. The maximum Gasteiger partial charge on any atom is 0.0774 e. The molecule has 0 aromatic carbocycles. The zero-order valence-electron chi connectivity index (χ0n) is 14.4. The van der Waals surface area contributed by atoms with Crippen LogP contribution in [0.2, 0.25) is 0 Å². The summed E-state index contributed by atoms with van der Waals surface area (Å²) >= 11 is 0. The van der Waals surface area contributed by atoms with Crippen LogP contribution in [-0.4, -0.2) is 10.7 Å². The third kappa shape index (κ3) is 5.70. The third-order valence-electron chi connectivity index (χ3n) is 0.368. The highest BCUT2D eigenvalue weighted by Crippen LogP contribution is 2.05. The molecule has 8 heavy (non-hydrogen) atoms. The van der Waals surface area contributed by atoms with E-state index in [0.717, 1.165) is 0 Å². The van der Waals surface area contributed by atoms with E-state index in [9.17, 15) is 5.11 Å². The molecule has 1 atom stereocenters. The fourth-order valence-corrected chi connectivity index (χ4v) is 0.243. The van der Waals surface area contributed by atoms with E-state index in [1.807, 2.05) is 0 Å². The van der Waals surface area contributed by atoms with Crippen LogP contribution in [-0.2, 0) is 0 Å². The first kappa shape index (κ1) is 1.24. The average molecular weight is 124 g/mol. The molecule has 0 saturated carbocycles. The highest BCUT2D eigenvalue weighted by Gasteiger charge is 2.05. The summed E-state index contributed by atoms with van der Waals surface area (Å²) in [4.78, 5) is 0. The molecule has 0 aliphatic heterocycles. The minimum Gasteiger partial charge on any atom is -0.386 e. The van der Waals surface area contributed by atoms with E-state index in [-0.39, 0.29) is 0 Å². The van der Waals surface area contributed by atoms with E-state index in [2.05, 4.69) is 0 Å². The number of rotatable bonds is 1. The lowest BCUT2D eigenvalue weighted by Gasteiger charge is -2.10. The van der Waals surface area contributed by atoms with Gasteiger partial charge in [-0.1, -0.05) is 11.6 Å². The molecule has 0 fully saturated rings. The second kappa shape index (κ2) is 2.31. The Kier molecular flexibility index (Phi) is 0.358. The second-order valence-corrected chi connectivity index (χ2v) is 1.57. The van der Waals surface area contributed by atoms with Gasteiger partial charge in [0.05, 0.1) is 6.97 Å². The van der Waals surface area contributed by atoms with Crippen LogP contribution in [0.1, 0.15) is 41.2 Å². The summed E-state index contributed by atoms with van der Waals surface area (Å²) < 4.78 is 70.9. The molecule has 0 aliphatic rings. The van der Waals surface area contributed by atoms with E-state index in [1.165, 1.54) is 0 Å². The Balaban J connectivity index is 6.11. The van der Waals surface area contributed by atoms with Crippen LogP contribution < -0.4 is 0 Å². The van der Waals surface area contributed by atoms with Gasteiger partial charge in [-0.05, 0) is 27.5 Å². The first-order valence-electron chi connectivity index (χ1n) is 6.97. The Labute approximate surface area is 65.1 Å². The van der Waals surface area contributed by atoms with Crippen LogP contribution in [0.15, 0.2) is 11.6 Å². The average Bonchev–Trinajstić information content (AvgIpc) is 1.95. The molecule has 0 saturated heterocycles. The standard InChI is InChI=1S/C7H14O/c1-6(2)5-7(3,4)8/h5,8H,1-4H3/i1D3,2D3,3D3,5D. The fraction of sp³-hybridized carbons (Fsp3) is 0.714. The predicted molar refractivity (Wildman–Crippen MR) is 35.7 cm³/mol. The van der Waals surface area contributed by atoms with Crippen molar-refractivity contribution >= 4 is 0 Å². The van der Waals surface area contributed by atoms with Crippen molar-refractivity contribution in [2.45, 2.75) is 33.1 Å². The lowest BCUT2D eigenvalue weighted by Crippen LogP contribution is -2.14. The molecular weight excluding hydrogens is 100 g/mol. The van der Waals surface area contributed by atoms with Crippen molar-refractivity contribution in [1.82, 2.24) is 0 Å². The molecule has 1 nitrogen and oxygen atoms in total. The van der Waals surface area contributed by atoms with Gasteiger partial charge in [0.15, 0.2) is 0 Å². The second-order valence-electron chi connectivity index (χ2n) is 1.57. The van der Waals surface area contributed by atoms with E-state index < -0.39 is 37.8 Å². The maximum atomic E-state index is 9.71. The van der Waals surface area contributed by atoms with Crippen molar-refractivity contribution in [2.75, 3.05) is 0 Å². The fourth-order valence-electron chi connectivity index (χ4n) is 0.243. The molecule has 1 unspecified atom stereocenters. The monoisotopic (exact) mass is 124 g/mol. The van der Waals surface area contributed by atoms with E-state index >= 15 is 0 Å². The van der Waals surface area contributed by atoms with E-state index in [4.69, 9.17) is 13.7 Å². The molecule has 0 amide bonds. The summed E-state index contributed by atoms with van der Waals surface area (Å²) in [6, 6.07) is -1.32. The topological polar surface area (TPSA) is 20.2 Å². The van der Waals surface area contributed by atoms with E-state index in [1.54, 1.807) is 0 Å². The molecule has 0 aliphatic carbocycles. The summed E-state index contributed by atoms with van der Waals surface area (Å²) in [5.41, 5.74) is -4.18. The van der Waals surface area contributed by atoms with Crippen molar-refractivity contribution in [3.8, 4) is 0 Å². The molecule has 0 spiro atoms. The first-order valence-corrected chi connectivity index (χ1v) is 1.97. The normalized spacial score (nSPS) is 40.2. The van der Waals surface area contributed by atoms with Gasteiger partial charge < -0.3 is 5.11 Å². The molecule has 0 rings (SSSR count). The highest BCUT2D eigenvalue weighted by molar-refractivity contribution is 5.02. The highest BCUT2D eigenvalue weighted by atomic mass is 16.3. The van der Waals surface area contributed by atoms with Gasteiger partial charge in [-0.25, -0.2) is 0 Å². The minimum absolute atomic E-state index is 0.694. The number of hydrogen-bond acceptors (Lipinski definition) is 1. The predicted octanol–water partition coefficient (Wildman–Crippen LogP) is 1.72. The Morgan fingerprint density at radius 1 is 1.88 bits per heavy atom. The summed E-state index contributed by atoms with van der Waals surface area (Å²) in [6.07, 6.45) is 0. The van der Waals surface area contributed by atoms with Gasteiger partial charge in [0.1, 0.15) is 0 Å². The number of hydrogen-bond donors (Lipinski definition) is 1. The summed E-state index contributed by atoms with van der Waals surface area (Å²) in [7, 11) is 0. The molecular formula is C7H14O. The van der Waals surface area contributed by atoms with Gasteiger partial charge in [0, 0.05) is 12.3 Å². The molecule has 1 heteroatoms. The van der Waals surface area contributed by atoms with Gasteiger partial charge in [0.25, 0.3) is 0 Å². The quantitative estimate of drug-likeness (QED) is 0.528. The largest absolute Gasteiger partial charge is 0.386 e. The third-order valence-corrected chi connectivity index (χ3v) is 0.368. The van der Waals surface area contributed by atoms with Crippen LogP contribution in [0.5, 0.6) is 0 Å². The van der Waals surface area contributed by atoms with Crippen molar-refractivity contribution in [3.05, 3.63) is 11.6 Å². The van der Waals surface area contributed by atoms with Gasteiger partial charge in [-0.3, -0.25) is 0 Å². The summed E-state index contributed by atoms with van der Waals surface area (Å²) in [5.74, 6) is 0. The molecule has 0 heterocycles. The smallest absolute Gasteiger partial charge is 0.0774 e. The Hall–Kier alpha value is -0.300. The molecule has 0 bridgehead atoms. The molecule has 0 radical (unpaired) electrons. The lowest BCUT2D eigenvalue weighted by atomic mass is 10.1. The van der Waals surface area contributed by atoms with E-state index in [0.29, 0.717) is 6.92 Å². The van der Waals surface area contributed by atoms with Crippen molar-refractivity contribution in [2.24, 2.45) is 0 Å². The van der Waals surface area contributed by atoms with Crippen LogP contribution in [0.3, 0.4) is 0 Å². The lowest BCUT2D eigenvalue weighted by molar-refractivity contribution is 0.132. The van der Waals surface area contributed by atoms with Gasteiger partial charge in [-0.15, -0.1) is 0 Å². The Bertz CT molecular complexity index is 325. The van der Waals surface area contributed by atoms with Crippen LogP contribution >= 0.6 is 0 Å². The Morgan fingerprint density at radius 2 is 2.50 bits per heavy atom. The molecule has 0 aromatic heterocycles. The molecule has 48 valence electrons.